The molecule has 0 radical (unpaired) electrons. The number of amides is 1. The monoisotopic (exact) mass is 259 g/mol. The maximum atomic E-state index is 11.6. The number of carbonyl (C=O) groups excluding carboxylic acids is 1. The second-order valence-corrected chi connectivity index (χ2v) is 4.69. The molecule has 1 aliphatic rings. The van der Waals surface area contributed by atoms with Gasteiger partial charge in [0.1, 0.15) is 0 Å². The quantitative estimate of drug-likeness (QED) is 0.528. The Kier molecular flexibility index (Phi) is 6.07. The minimum Gasteiger partial charge on any atom is -0.481 e. The lowest BCUT2D eigenvalue weighted by Gasteiger charge is -2.32. The van der Waals surface area contributed by atoms with E-state index in [0.717, 1.165) is 19.3 Å². The highest BCUT2D eigenvalue weighted by Crippen LogP contribution is 2.39. The fourth-order valence-corrected chi connectivity index (χ4v) is 2.29. The van der Waals surface area contributed by atoms with Gasteiger partial charge in [0.15, 0.2) is 0 Å². The maximum Gasteiger partial charge on any atom is 0.310 e. The van der Waals surface area contributed by atoms with E-state index in [9.17, 15) is 14.7 Å². The summed E-state index contributed by atoms with van der Waals surface area (Å²) in [6.07, 6.45) is 3.88. The summed E-state index contributed by atoms with van der Waals surface area (Å²) < 4.78 is 4.76. The lowest BCUT2D eigenvalue weighted by atomic mass is 9.72. The Balaban J connectivity index is 2.41. The van der Waals surface area contributed by atoms with Gasteiger partial charge in [-0.25, -0.2) is 5.48 Å². The Bertz CT molecular complexity index is 286. The Morgan fingerprint density at radius 3 is 2.44 bits per heavy atom. The fourth-order valence-electron chi connectivity index (χ4n) is 2.29. The van der Waals surface area contributed by atoms with E-state index in [4.69, 9.17) is 9.57 Å². The van der Waals surface area contributed by atoms with E-state index >= 15 is 0 Å². The summed E-state index contributed by atoms with van der Waals surface area (Å²) in [4.78, 5) is 27.9. The van der Waals surface area contributed by atoms with Crippen molar-refractivity contribution in [1.82, 2.24) is 5.48 Å². The molecule has 0 aromatic rings. The third kappa shape index (κ3) is 4.27. The molecule has 0 saturated heterocycles. The van der Waals surface area contributed by atoms with Gasteiger partial charge in [0.2, 0.25) is 5.91 Å². The van der Waals surface area contributed by atoms with Gasteiger partial charge in [-0.05, 0) is 12.8 Å². The van der Waals surface area contributed by atoms with Crippen molar-refractivity contribution in [2.75, 3.05) is 20.3 Å². The standard InChI is InChI=1S/C12H21NO5/c1-17-7-8-18-13-10(14)9-12(11(15)16)5-3-2-4-6-12/h2-9H2,1H3,(H,13,14)(H,15,16). The predicted molar refractivity (Wildman–Crippen MR) is 63.7 cm³/mol. The molecule has 6 nitrogen and oxygen atoms in total. The van der Waals surface area contributed by atoms with Crippen molar-refractivity contribution < 1.29 is 24.3 Å². The van der Waals surface area contributed by atoms with E-state index in [1.807, 2.05) is 0 Å². The molecule has 18 heavy (non-hydrogen) atoms. The molecule has 0 heterocycles. The number of carboxylic acids is 1. The van der Waals surface area contributed by atoms with Crippen LogP contribution in [0.5, 0.6) is 0 Å². The van der Waals surface area contributed by atoms with Crippen LogP contribution in [0.15, 0.2) is 0 Å². The zero-order valence-corrected chi connectivity index (χ0v) is 10.7. The number of ether oxygens (including phenoxy) is 1. The highest BCUT2D eigenvalue weighted by atomic mass is 16.7. The first-order chi connectivity index (χ1) is 8.60. The summed E-state index contributed by atoms with van der Waals surface area (Å²) in [6, 6.07) is 0. The zero-order chi connectivity index (χ0) is 13.4. The highest BCUT2D eigenvalue weighted by Gasteiger charge is 2.41. The number of methoxy groups -OCH3 is 1. The first-order valence-electron chi connectivity index (χ1n) is 6.24. The van der Waals surface area contributed by atoms with Gasteiger partial charge in [0.25, 0.3) is 0 Å². The van der Waals surface area contributed by atoms with E-state index in [0.29, 0.717) is 19.4 Å². The van der Waals surface area contributed by atoms with Crippen molar-refractivity contribution in [3.63, 3.8) is 0 Å². The van der Waals surface area contributed by atoms with E-state index in [2.05, 4.69) is 5.48 Å². The predicted octanol–water partition coefficient (Wildman–Crippen LogP) is 1.11. The lowest BCUT2D eigenvalue weighted by Crippen LogP contribution is -2.39. The van der Waals surface area contributed by atoms with Crippen LogP contribution >= 0.6 is 0 Å². The van der Waals surface area contributed by atoms with Crippen molar-refractivity contribution >= 4 is 11.9 Å². The van der Waals surface area contributed by atoms with E-state index in [1.165, 1.54) is 7.11 Å². The molecule has 6 heteroatoms. The highest BCUT2D eigenvalue weighted by molar-refractivity contribution is 5.84. The molecule has 1 aliphatic carbocycles. The Morgan fingerprint density at radius 2 is 1.89 bits per heavy atom. The molecule has 104 valence electrons. The lowest BCUT2D eigenvalue weighted by molar-refractivity contribution is -0.156. The van der Waals surface area contributed by atoms with Gasteiger partial charge in [-0.15, -0.1) is 0 Å². The number of carboxylic acid groups (broad SMARTS) is 1. The second kappa shape index (κ2) is 7.33. The molecule has 0 spiro atoms. The van der Waals surface area contributed by atoms with Gasteiger partial charge < -0.3 is 9.84 Å². The molecule has 1 fully saturated rings. The Hall–Kier alpha value is -1.14. The van der Waals surface area contributed by atoms with Crippen LogP contribution in [0.1, 0.15) is 38.5 Å². The third-order valence-corrected chi connectivity index (χ3v) is 3.34. The van der Waals surface area contributed by atoms with E-state index < -0.39 is 11.4 Å². The van der Waals surface area contributed by atoms with Crippen LogP contribution in [0, 0.1) is 5.41 Å². The van der Waals surface area contributed by atoms with E-state index in [-0.39, 0.29) is 18.9 Å². The molecule has 0 aromatic carbocycles. The van der Waals surface area contributed by atoms with Crippen LogP contribution in [0.4, 0.5) is 0 Å². The van der Waals surface area contributed by atoms with E-state index in [1.54, 1.807) is 0 Å². The van der Waals surface area contributed by atoms with Gasteiger partial charge in [-0.2, -0.15) is 0 Å². The van der Waals surface area contributed by atoms with Gasteiger partial charge in [-0.1, -0.05) is 19.3 Å². The minimum absolute atomic E-state index is 0.0185. The molecule has 0 aliphatic heterocycles. The van der Waals surface area contributed by atoms with Crippen molar-refractivity contribution in [2.24, 2.45) is 5.41 Å². The smallest absolute Gasteiger partial charge is 0.310 e. The summed E-state index contributed by atoms with van der Waals surface area (Å²) in [5.74, 6) is -1.26. The summed E-state index contributed by atoms with van der Waals surface area (Å²) >= 11 is 0. The van der Waals surface area contributed by atoms with Gasteiger partial charge in [0.05, 0.1) is 18.6 Å². The van der Waals surface area contributed by atoms with Crippen molar-refractivity contribution in [3.05, 3.63) is 0 Å². The van der Waals surface area contributed by atoms with Crippen molar-refractivity contribution in [3.8, 4) is 0 Å². The molecule has 0 unspecified atom stereocenters. The Morgan fingerprint density at radius 1 is 1.22 bits per heavy atom. The number of hydrogen-bond acceptors (Lipinski definition) is 4. The Labute approximate surface area is 107 Å². The molecule has 0 bridgehead atoms. The number of carbonyl (C=O) groups is 2. The number of aliphatic carboxylic acids is 1. The number of hydrogen-bond donors (Lipinski definition) is 2. The average Bonchev–Trinajstić information content (AvgIpc) is 2.35. The summed E-state index contributed by atoms with van der Waals surface area (Å²) in [5.41, 5.74) is 1.35. The first kappa shape index (κ1) is 14.9. The SMILES string of the molecule is COCCONC(=O)CC1(C(=O)O)CCCCC1. The molecule has 0 aromatic heterocycles. The minimum atomic E-state index is -0.910. The van der Waals surface area contributed by atoms with Crippen molar-refractivity contribution in [2.45, 2.75) is 38.5 Å². The van der Waals surface area contributed by atoms with Crippen LogP contribution < -0.4 is 5.48 Å². The number of nitrogens with one attached hydrogen (secondary N) is 1. The van der Waals surface area contributed by atoms with Crippen LogP contribution in [-0.2, 0) is 19.2 Å². The summed E-state index contributed by atoms with van der Waals surface area (Å²) in [7, 11) is 1.53. The van der Waals surface area contributed by atoms with Crippen molar-refractivity contribution in [1.29, 1.82) is 0 Å². The van der Waals surface area contributed by atoms with Gasteiger partial charge in [0, 0.05) is 13.5 Å². The zero-order valence-electron chi connectivity index (χ0n) is 10.7. The van der Waals surface area contributed by atoms with Gasteiger partial charge in [-0.3, -0.25) is 14.4 Å². The fraction of sp³-hybridized carbons (Fsp3) is 0.833. The molecule has 0 atom stereocenters. The molecule has 1 rings (SSSR count). The van der Waals surface area contributed by atoms with Gasteiger partial charge >= 0.3 is 5.97 Å². The third-order valence-electron chi connectivity index (χ3n) is 3.34. The molecule has 1 saturated carbocycles. The largest absolute Gasteiger partial charge is 0.481 e. The number of hydroxylamine groups is 1. The van der Waals surface area contributed by atoms with Crippen LogP contribution in [0.2, 0.25) is 0 Å². The average molecular weight is 259 g/mol. The normalized spacial score (nSPS) is 18.3. The summed E-state index contributed by atoms with van der Waals surface area (Å²) in [5, 5.41) is 9.31. The van der Waals surface area contributed by atoms with Crippen LogP contribution in [0.25, 0.3) is 0 Å². The summed E-state index contributed by atoms with van der Waals surface area (Å²) in [6.45, 7) is 0.632. The molecule has 2 N–H and O–H groups in total. The number of rotatable bonds is 7. The molecular formula is C12H21NO5. The molecular weight excluding hydrogens is 238 g/mol. The van der Waals surface area contributed by atoms with Crippen LogP contribution in [-0.4, -0.2) is 37.3 Å². The second-order valence-electron chi connectivity index (χ2n) is 4.69. The maximum absolute atomic E-state index is 11.6. The van der Waals surface area contributed by atoms with Crippen LogP contribution in [0.3, 0.4) is 0 Å². The first-order valence-corrected chi connectivity index (χ1v) is 6.24. The topological polar surface area (TPSA) is 84.9 Å². The molecule has 1 amide bonds.